The molecule has 0 radical (unpaired) electrons. The lowest BCUT2D eigenvalue weighted by atomic mass is 10.0. The molecular weight excluding hydrogens is 426 g/mol. The summed E-state index contributed by atoms with van der Waals surface area (Å²) in [5.41, 5.74) is 3.40. The van der Waals surface area contributed by atoms with Gasteiger partial charge in [0.1, 0.15) is 5.75 Å². The normalized spacial score (nSPS) is 14.5. The van der Waals surface area contributed by atoms with E-state index in [1.165, 1.54) is 5.56 Å². The van der Waals surface area contributed by atoms with Gasteiger partial charge in [-0.05, 0) is 61.6 Å². The number of benzene rings is 2. The summed E-state index contributed by atoms with van der Waals surface area (Å²) in [6, 6.07) is 22.4. The van der Waals surface area contributed by atoms with Crippen LogP contribution < -0.4 is 15.4 Å². The molecule has 1 aliphatic heterocycles. The second-order valence-corrected chi connectivity index (χ2v) is 8.76. The molecule has 1 aromatic heterocycles. The van der Waals surface area contributed by atoms with E-state index in [0.29, 0.717) is 11.9 Å². The second kappa shape index (κ2) is 12.1. The van der Waals surface area contributed by atoms with Crippen molar-refractivity contribution in [2.45, 2.75) is 45.2 Å². The van der Waals surface area contributed by atoms with E-state index >= 15 is 0 Å². The van der Waals surface area contributed by atoms with Crippen molar-refractivity contribution in [3.05, 3.63) is 78.0 Å². The van der Waals surface area contributed by atoms with Crippen molar-refractivity contribution in [3.63, 3.8) is 0 Å². The Labute approximate surface area is 201 Å². The third-order valence-corrected chi connectivity index (χ3v) is 5.95. The highest BCUT2D eigenvalue weighted by atomic mass is 16.5. The van der Waals surface area contributed by atoms with E-state index in [4.69, 9.17) is 4.74 Å². The topological polar surface area (TPSA) is 79.4 Å². The summed E-state index contributed by atoms with van der Waals surface area (Å²) in [6.45, 7) is 5.46. The number of hydrogen-bond donors (Lipinski definition) is 2. The number of likely N-dealkylation sites (tertiary alicyclic amines) is 1. The molecule has 34 heavy (non-hydrogen) atoms. The Kier molecular flexibility index (Phi) is 8.46. The van der Waals surface area contributed by atoms with Gasteiger partial charge in [0.2, 0.25) is 11.8 Å². The molecular formula is C27H33N5O2. The Morgan fingerprint density at radius 3 is 2.44 bits per heavy atom. The van der Waals surface area contributed by atoms with Crippen LogP contribution in [0.3, 0.4) is 0 Å². The van der Waals surface area contributed by atoms with Crippen molar-refractivity contribution in [1.82, 2.24) is 20.4 Å². The number of aromatic nitrogens is 2. The van der Waals surface area contributed by atoms with Gasteiger partial charge in [-0.25, -0.2) is 0 Å². The van der Waals surface area contributed by atoms with E-state index in [2.05, 4.69) is 50.0 Å². The molecule has 2 aromatic carbocycles. The fourth-order valence-corrected chi connectivity index (χ4v) is 4.16. The molecule has 0 bridgehead atoms. The molecule has 0 spiro atoms. The van der Waals surface area contributed by atoms with Gasteiger partial charge < -0.3 is 15.4 Å². The van der Waals surface area contributed by atoms with Crippen molar-refractivity contribution < 1.29 is 9.53 Å². The number of carbonyl (C=O) groups is 1. The van der Waals surface area contributed by atoms with E-state index in [-0.39, 0.29) is 5.91 Å². The smallest absolute Gasteiger partial charge is 0.238 e. The van der Waals surface area contributed by atoms with Gasteiger partial charge in [-0.3, -0.25) is 9.69 Å². The number of anilines is 1. The Morgan fingerprint density at radius 2 is 1.76 bits per heavy atom. The highest BCUT2D eigenvalue weighted by Gasteiger charge is 2.19. The molecule has 178 valence electrons. The lowest BCUT2D eigenvalue weighted by molar-refractivity contribution is -0.119. The van der Waals surface area contributed by atoms with Crippen LogP contribution in [0, 0.1) is 0 Å². The van der Waals surface area contributed by atoms with Crippen LogP contribution in [0.1, 0.15) is 37.4 Å². The molecule has 1 saturated heterocycles. The maximum absolute atomic E-state index is 11.2. The minimum atomic E-state index is 0.0702. The van der Waals surface area contributed by atoms with Crippen molar-refractivity contribution >= 4 is 11.6 Å². The van der Waals surface area contributed by atoms with Gasteiger partial charge in [0.05, 0.1) is 5.69 Å². The molecule has 7 heteroatoms. The number of aryl methyl sites for hydroxylation is 1. The van der Waals surface area contributed by atoms with Crippen LogP contribution >= 0.6 is 0 Å². The van der Waals surface area contributed by atoms with Crippen LogP contribution in [0.25, 0.3) is 0 Å². The highest BCUT2D eigenvalue weighted by Crippen LogP contribution is 2.18. The van der Waals surface area contributed by atoms with Gasteiger partial charge in [0.25, 0.3) is 0 Å². The predicted octanol–water partition coefficient (Wildman–Crippen LogP) is 4.41. The Bertz CT molecular complexity index is 1020. The standard InChI is InChI=1S/C27H33N5O2/c1-21(33)29-24-15-18-32(19-16-24)20-22-9-11-23(12-10-22)28-17-5-6-25-13-14-27(31-30-25)34-26-7-3-2-4-8-26/h2-4,7-14,24,28H,5-6,15-20H2,1H3,(H,29,33). The van der Waals surface area contributed by atoms with Gasteiger partial charge >= 0.3 is 0 Å². The van der Waals surface area contributed by atoms with Gasteiger partial charge in [0, 0.05) is 50.9 Å². The van der Waals surface area contributed by atoms with Crippen LogP contribution in [-0.4, -0.2) is 46.7 Å². The number of para-hydroxylation sites is 1. The number of rotatable bonds is 10. The van der Waals surface area contributed by atoms with E-state index in [9.17, 15) is 4.79 Å². The molecule has 4 rings (SSSR count). The number of nitrogens with one attached hydrogen (secondary N) is 2. The summed E-state index contributed by atoms with van der Waals surface area (Å²) >= 11 is 0. The molecule has 1 amide bonds. The first-order chi connectivity index (χ1) is 16.6. The van der Waals surface area contributed by atoms with E-state index in [1.54, 1.807) is 6.92 Å². The molecule has 0 atom stereocenters. The lowest BCUT2D eigenvalue weighted by Gasteiger charge is -2.32. The lowest BCUT2D eigenvalue weighted by Crippen LogP contribution is -2.43. The van der Waals surface area contributed by atoms with Crippen LogP contribution in [-0.2, 0) is 17.8 Å². The van der Waals surface area contributed by atoms with Crippen LogP contribution in [0.2, 0.25) is 0 Å². The second-order valence-electron chi connectivity index (χ2n) is 8.76. The zero-order chi connectivity index (χ0) is 23.6. The number of ether oxygens (including phenoxy) is 1. The molecule has 7 nitrogen and oxygen atoms in total. The molecule has 1 aliphatic rings. The van der Waals surface area contributed by atoms with Gasteiger partial charge in [-0.15, -0.1) is 5.10 Å². The first-order valence-corrected chi connectivity index (χ1v) is 12.0. The van der Waals surface area contributed by atoms with Crippen molar-refractivity contribution in [2.75, 3.05) is 25.0 Å². The molecule has 0 unspecified atom stereocenters. The van der Waals surface area contributed by atoms with Gasteiger partial charge in [-0.1, -0.05) is 30.3 Å². The fourth-order valence-electron chi connectivity index (χ4n) is 4.16. The summed E-state index contributed by atoms with van der Waals surface area (Å²) in [6.07, 6.45) is 3.87. The Balaban J connectivity index is 1.13. The number of carbonyl (C=O) groups excluding carboxylic acids is 1. The largest absolute Gasteiger partial charge is 0.438 e. The van der Waals surface area contributed by atoms with Gasteiger partial charge in [0.15, 0.2) is 0 Å². The van der Waals surface area contributed by atoms with Crippen molar-refractivity contribution in [2.24, 2.45) is 0 Å². The minimum Gasteiger partial charge on any atom is -0.438 e. The summed E-state index contributed by atoms with van der Waals surface area (Å²) in [4.78, 5) is 13.7. The first kappa shape index (κ1) is 23.7. The molecule has 2 N–H and O–H groups in total. The van der Waals surface area contributed by atoms with E-state index in [1.807, 2.05) is 42.5 Å². The number of nitrogens with zero attached hydrogens (tertiary/aromatic N) is 3. The third-order valence-electron chi connectivity index (χ3n) is 5.95. The SMILES string of the molecule is CC(=O)NC1CCN(Cc2ccc(NCCCc3ccc(Oc4ccccc4)nn3)cc2)CC1. The molecule has 1 fully saturated rings. The average Bonchev–Trinajstić information content (AvgIpc) is 2.85. The average molecular weight is 460 g/mol. The Morgan fingerprint density at radius 1 is 1.00 bits per heavy atom. The molecule has 2 heterocycles. The quantitative estimate of drug-likeness (QED) is 0.437. The monoisotopic (exact) mass is 459 g/mol. The maximum atomic E-state index is 11.2. The van der Waals surface area contributed by atoms with Crippen LogP contribution in [0.15, 0.2) is 66.7 Å². The summed E-state index contributed by atoms with van der Waals surface area (Å²) in [7, 11) is 0. The van der Waals surface area contributed by atoms with Crippen LogP contribution in [0.4, 0.5) is 5.69 Å². The third kappa shape index (κ3) is 7.56. The first-order valence-electron chi connectivity index (χ1n) is 12.0. The van der Waals surface area contributed by atoms with E-state index < -0.39 is 0 Å². The molecule has 0 saturated carbocycles. The summed E-state index contributed by atoms with van der Waals surface area (Å²) < 4.78 is 5.69. The summed E-state index contributed by atoms with van der Waals surface area (Å²) in [5.74, 6) is 1.33. The van der Waals surface area contributed by atoms with Crippen molar-refractivity contribution in [3.8, 4) is 11.6 Å². The maximum Gasteiger partial charge on any atom is 0.238 e. The number of amides is 1. The minimum absolute atomic E-state index is 0.0702. The molecule has 3 aromatic rings. The van der Waals surface area contributed by atoms with Gasteiger partial charge in [-0.2, -0.15) is 5.10 Å². The molecule has 0 aliphatic carbocycles. The highest BCUT2D eigenvalue weighted by molar-refractivity contribution is 5.73. The van der Waals surface area contributed by atoms with Crippen molar-refractivity contribution in [1.29, 1.82) is 0 Å². The Hall–Kier alpha value is -3.45. The number of hydrogen-bond acceptors (Lipinski definition) is 6. The zero-order valence-corrected chi connectivity index (χ0v) is 19.7. The van der Waals surface area contributed by atoms with E-state index in [0.717, 1.165) is 69.0 Å². The zero-order valence-electron chi connectivity index (χ0n) is 19.7. The number of piperidine rings is 1. The fraction of sp³-hybridized carbons (Fsp3) is 0.370. The van der Waals surface area contributed by atoms with Crippen LogP contribution in [0.5, 0.6) is 11.6 Å². The summed E-state index contributed by atoms with van der Waals surface area (Å²) in [5, 5.41) is 15.0. The predicted molar refractivity (Wildman–Crippen MR) is 134 cm³/mol.